The van der Waals surface area contributed by atoms with Crippen molar-refractivity contribution in [3.8, 4) is 11.1 Å². The van der Waals surface area contributed by atoms with Gasteiger partial charge in [0.05, 0.1) is 15.1 Å². The van der Waals surface area contributed by atoms with E-state index in [0.29, 0.717) is 6.07 Å². The molecule has 0 aliphatic carbocycles. The Balaban J connectivity index is 2.69. The molecule has 0 heterocycles. The lowest BCUT2D eigenvalue weighted by atomic mass is 10.0. The Morgan fingerprint density at radius 1 is 0.800 bits per heavy atom. The molecule has 0 aliphatic rings. The van der Waals surface area contributed by atoms with Crippen molar-refractivity contribution >= 4 is 46.4 Å². The minimum Gasteiger partial charge on any atom is -0.206 e. The van der Waals surface area contributed by atoms with E-state index in [1.807, 2.05) is 0 Å². The normalized spacial score (nSPS) is 11.2. The van der Waals surface area contributed by atoms with Gasteiger partial charge in [0.2, 0.25) is 0 Å². The van der Waals surface area contributed by atoms with Crippen molar-refractivity contribution in [2.24, 2.45) is 0 Å². The van der Waals surface area contributed by atoms with Crippen LogP contribution in [0.25, 0.3) is 11.1 Å². The van der Waals surface area contributed by atoms with Crippen LogP contribution in [0.3, 0.4) is 0 Å². The summed E-state index contributed by atoms with van der Waals surface area (Å²) in [5, 5.41) is 0.211. The SMILES string of the molecule is Fc1cc(C(F)F)c(Cl)cc1-c1c(Cl)cc(Cl)cc1Cl. The Bertz CT molecular complexity index is 648. The zero-order valence-electron chi connectivity index (χ0n) is 9.53. The third-order valence-corrected chi connectivity index (χ3v) is 3.74. The molecule has 0 nitrogen and oxygen atoms in total. The van der Waals surface area contributed by atoms with Gasteiger partial charge in [0.1, 0.15) is 5.82 Å². The molecule has 0 aliphatic heterocycles. The molecular weight excluding hydrogens is 355 g/mol. The molecule has 0 fully saturated rings. The standard InChI is InChI=1S/C13H5Cl4F3/c14-5-1-9(16)12(10(17)2-5)7-3-8(15)6(13(19)20)4-11(7)18/h1-4,13H. The van der Waals surface area contributed by atoms with Crippen LogP contribution < -0.4 is 0 Å². The van der Waals surface area contributed by atoms with E-state index in [9.17, 15) is 13.2 Å². The molecule has 0 atom stereocenters. The van der Waals surface area contributed by atoms with Crippen LogP contribution in [-0.2, 0) is 0 Å². The van der Waals surface area contributed by atoms with Crippen LogP contribution in [-0.4, -0.2) is 0 Å². The molecule has 0 aromatic heterocycles. The molecule has 0 bridgehead atoms. The molecule has 7 heteroatoms. The van der Waals surface area contributed by atoms with Gasteiger partial charge >= 0.3 is 0 Å². The molecule has 0 saturated heterocycles. The Morgan fingerprint density at radius 2 is 1.35 bits per heavy atom. The van der Waals surface area contributed by atoms with Crippen LogP contribution in [0, 0.1) is 5.82 Å². The second-order valence-electron chi connectivity index (χ2n) is 3.90. The van der Waals surface area contributed by atoms with Gasteiger partial charge in [-0.15, -0.1) is 0 Å². The summed E-state index contributed by atoms with van der Waals surface area (Å²) in [6, 6.07) is 4.49. The molecule has 0 spiro atoms. The zero-order valence-corrected chi connectivity index (χ0v) is 12.6. The third kappa shape index (κ3) is 3.01. The van der Waals surface area contributed by atoms with Crippen LogP contribution in [0.4, 0.5) is 13.2 Å². The molecule has 0 unspecified atom stereocenters. The molecule has 2 aromatic carbocycles. The van der Waals surface area contributed by atoms with Gasteiger partial charge in [0.25, 0.3) is 6.43 Å². The topological polar surface area (TPSA) is 0 Å². The fourth-order valence-electron chi connectivity index (χ4n) is 1.72. The average molecular weight is 360 g/mol. The summed E-state index contributed by atoms with van der Waals surface area (Å²) in [4.78, 5) is 0. The van der Waals surface area contributed by atoms with Gasteiger partial charge in [-0.2, -0.15) is 0 Å². The molecule has 0 radical (unpaired) electrons. The number of halogens is 7. The fourth-order valence-corrected chi connectivity index (χ4v) is 2.99. The lowest BCUT2D eigenvalue weighted by Crippen LogP contribution is -1.93. The highest BCUT2D eigenvalue weighted by atomic mass is 35.5. The molecular formula is C13H5Cl4F3. The Kier molecular flexibility index (Phi) is 4.75. The maximum atomic E-state index is 14.0. The first-order valence-corrected chi connectivity index (χ1v) is 6.74. The Labute approximate surface area is 133 Å². The quantitative estimate of drug-likeness (QED) is 0.539. The number of rotatable bonds is 2. The van der Waals surface area contributed by atoms with Gasteiger partial charge < -0.3 is 0 Å². The van der Waals surface area contributed by atoms with Gasteiger partial charge in [-0.25, -0.2) is 13.2 Å². The number of hydrogen-bond donors (Lipinski definition) is 0. The van der Waals surface area contributed by atoms with Crippen LogP contribution in [0.5, 0.6) is 0 Å². The van der Waals surface area contributed by atoms with E-state index in [1.54, 1.807) is 0 Å². The van der Waals surface area contributed by atoms with E-state index in [2.05, 4.69) is 0 Å². The minimum atomic E-state index is -2.87. The predicted molar refractivity (Wildman–Crippen MR) is 76.8 cm³/mol. The molecule has 2 aromatic rings. The van der Waals surface area contributed by atoms with Crippen molar-refractivity contribution in [3.05, 3.63) is 55.7 Å². The van der Waals surface area contributed by atoms with Gasteiger partial charge in [0, 0.05) is 21.7 Å². The molecule has 20 heavy (non-hydrogen) atoms. The highest BCUT2D eigenvalue weighted by Crippen LogP contribution is 2.41. The minimum absolute atomic E-state index is 0.0638. The fraction of sp³-hybridized carbons (Fsp3) is 0.0769. The van der Waals surface area contributed by atoms with Crippen LogP contribution in [0.2, 0.25) is 20.1 Å². The van der Waals surface area contributed by atoms with Gasteiger partial charge in [0.15, 0.2) is 0 Å². The first kappa shape index (κ1) is 15.8. The molecule has 106 valence electrons. The molecule has 0 N–H and O–H groups in total. The van der Waals surface area contributed by atoms with Crippen LogP contribution in [0.1, 0.15) is 12.0 Å². The molecule has 0 amide bonds. The van der Waals surface area contributed by atoms with E-state index in [4.69, 9.17) is 46.4 Å². The van der Waals surface area contributed by atoms with Crippen molar-refractivity contribution in [1.29, 1.82) is 0 Å². The summed E-state index contributed by atoms with van der Waals surface area (Å²) < 4.78 is 39.3. The van der Waals surface area contributed by atoms with E-state index < -0.39 is 17.8 Å². The molecule has 0 saturated carbocycles. The van der Waals surface area contributed by atoms with E-state index in [0.717, 1.165) is 6.07 Å². The van der Waals surface area contributed by atoms with Crippen molar-refractivity contribution in [2.75, 3.05) is 0 Å². The van der Waals surface area contributed by atoms with Crippen molar-refractivity contribution in [3.63, 3.8) is 0 Å². The van der Waals surface area contributed by atoms with E-state index in [1.165, 1.54) is 12.1 Å². The maximum absolute atomic E-state index is 14.0. The van der Waals surface area contributed by atoms with Crippen molar-refractivity contribution < 1.29 is 13.2 Å². The summed E-state index contributed by atoms with van der Waals surface area (Å²) >= 11 is 23.4. The lowest BCUT2D eigenvalue weighted by Gasteiger charge is -2.12. The largest absolute Gasteiger partial charge is 0.265 e. The van der Waals surface area contributed by atoms with Gasteiger partial charge in [-0.05, 0) is 24.3 Å². The second-order valence-corrected chi connectivity index (χ2v) is 5.56. The first-order valence-electron chi connectivity index (χ1n) is 5.23. The van der Waals surface area contributed by atoms with Crippen LogP contribution >= 0.6 is 46.4 Å². The van der Waals surface area contributed by atoms with Crippen LogP contribution in [0.15, 0.2) is 24.3 Å². The zero-order chi connectivity index (χ0) is 15.0. The molecule has 2 rings (SSSR count). The number of benzene rings is 2. The summed E-state index contributed by atoms with van der Waals surface area (Å²) in [7, 11) is 0. The highest BCUT2D eigenvalue weighted by molar-refractivity contribution is 6.42. The van der Waals surface area contributed by atoms with Crippen molar-refractivity contribution in [1.82, 2.24) is 0 Å². The summed E-state index contributed by atoms with van der Waals surface area (Å²) in [6.07, 6.45) is -2.87. The number of hydrogen-bond acceptors (Lipinski definition) is 0. The smallest absolute Gasteiger partial charge is 0.206 e. The monoisotopic (exact) mass is 358 g/mol. The summed E-state index contributed by atoms with van der Waals surface area (Å²) in [5.74, 6) is -0.893. The van der Waals surface area contributed by atoms with Gasteiger partial charge in [-0.1, -0.05) is 46.4 Å². The Hall–Kier alpha value is -0.610. The first-order chi connectivity index (χ1) is 9.31. The highest BCUT2D eigenvalue weighted by Gasteiger charge is 2.20. The van der Waals surface area contributed by atoms with Crippen molar-refractivity contribution in [2.45, 2.75) is 6.43 Å². The third-order valence-electron chi connectivity index (χ3n) is 2.60. The van der Waals surface area contributed by atoms with E-state index in [-0.39, 0.29) is 31.2 Å². The summed E-state index contributed by atoms with van der Waals surface area (Å²) in [6.45, 7) is 0. The average Bonchev–Trinajstić information content (AvgIpc) is 2.31. The van der Waals surface area contributed by atoms with E-state index >= 15 is 0 Å². The predicted octanol–water partition coefficient (Wildman–Crippen LogP) is 7.04. The summed E-state index contributed by atoms with van der Waals surface area (Å²) in [5.41, 5.74) is -0.502. The Morgan fingerprint density at radius 3 is 1.85 bits per heavy atom. The maximum Gasteiger partial charge on any atom is 0.265 e. The lowest BCUT2D eigenvalue weighted by molar-refractivity contribution is 0.151. The second kappa shape index (κ2) is 6.02. The van der Waals surface area contributed by atoms with Gasteiger partial charge in [-0.3, -0.25) is 0 Å². The number of alkyl halides is 2.